The van der Waals surface area contributed by atoms with Crippen LogP contribution in [-0.4, -0.2) is 29.9 Å². The van der Waals surface area contributed by atoms with Gasteiger partial charge >= 0.3 is 0 Å². The highest BCUT2D eigenvalue weighted by atomic mass is 16.2. The van der Waals surface area contributed by atoms with Crippen molar-refractivity contribution in [3.05, 3.63) is 53.9 Å². The number of carbonyl (C=O) groups excluding carboxylic acids is 2. The van der Waals surface area contributed by atoms with E-state index >= 15 is 0 Å². The molecule has 1 atom stereocenters. The maximum atomic E-state index is 13.1. The largest absolute Gasteiger partial charge is 0.312 e. The molecule has 1 saturated heterocycles. The van der Waals surface area contributed by atoms with Crippen LogP contribution in [0, 0.1) is 5.92 Å². The number of aromatic nitrogens is 1. The Labute approximate surface area is 153 Å². The number of hydrogen-bond donors (Lipinski definition) is 0. The van der Waals surface area contributed by atoms with Crippen LogP contribution in [-0.2, 0) is 22.4 Å². The van der Waals surface area contributed by atoms with E-state index in [2.05, 4.69) is 11.9 Å². The van der Waals surface area contributed by atoms with Crippen LogP contribution in [0.25, 0.3) is 0 Å². The molecule has 2 amide bonds. The topological polar surface area (TPSA) is 53.5 Å². The van der Waals surface area contributed by atoms with E-state index in [1.54, 1.807) is 11.1 Å². The first kappa shape index (κ1) is 16.8. The summed E-state index contributed by atoms with van der Waals surface area (Å²) in [6.45, 7) is 3.26. The van der Waals surface area contributed by atoms with Crippen LogP contribution >= 0.6 is 0 Å². The van der Waals surface area contributed by atoms with Crippen molar-refractivity contribution < 1.29 is 9.59 Å². The highest BCUT2D eigenvalue weighted by Crippen LogP contribution is 2.31. The second kappa shape index (κ2) is 6.90. The Hall–Kier alpha value is -2.69. The molecule has 26 heavy (non-hydrogen) atoms. The van der Waals surface area contributed by atoms with E-state index < -0.39 is 0 Å². The van der Waals surface area contributed by atoms with E-state index in [0.29, 0.717) is 13.1 Å². The van der Waals surface area contributed by atoms with E-state index in [0.717, 1.165) is 36.3 Å². The van der Waals surface area contributed by atoms with Crippen LogP contribution in [0.15, 0.2) is 42.6 Å². The summed E-state index contributed by atoms with van der Waals surface area (Å²) in [7, 11) is 0. The number of nitrogens with zero attached hydrogens (tertiary/aromatic N) is 3. The number of benzene rings is 1. The van der Waals surface area contributed by atoms with Gasteiger partial charge in [0.25, 0.3) is 0 Å². The molecule has 0 saturated carbocycles. The summed E-state index contributed by atoms with van der Waals surface area (Å²) in [5.74, 6) is -0.226. The molecule has 5 nitrogen and oxygen atoms in total. The monoisotopic (exact) mass is 349 g/mol. The first-order chi connectivity index (χ1) is 12.7. The molecular formula is C21H23N3O2. The average molecular weight is 349 g/mol. The summed E-state index contributed by atoms with van der Waals surface area (Å²) in [5, 5.41) is 0. The summed E-state index contributed by atoms with van der Waals surface area (Å²) in [6, 6.07) is 11.9. The predicted octanol–water partition coefficient (Wildman–Crippen LogP) is 2.98. The Kier molecular flexibility index (Phi) is 4.45. The van der Waals surface area contributed by atoms with Gasteiger partial charge in [0.1, 0.15) is 0 Å². The zero-order valence-electron chi connectivity index (χ0n) is 15.0. The third kappa shape index (κ3) is 2.98. The average Bonchev–Trinajstić information content (AvgIpc) is 3.08. The number of anilines is 2. The van der Waals surface area contributed by atoms with Gasteiger partial charge in [0.05, 0.1) is 17.3 Å². The number of fused-ring (bicyclic) bond motifs is 1. The Bertz CT molecular complexity index is 831. The molecule has 0 aliphatic carbocycles. The minimum atomic E-state index is -0.292. The van der Waals surface area contributed by atoms with Crippen LogP contribution in [0.3, 0.4) is 0 Å². The minimum Gasteiger partial charge on any atom is -0.312 e. The van der Waals surface area contributed by atoms with Gasteiger partial charge in [0, 0.05) is 31.4 Å². The van der Waals surface area contributed by atoms with E-state index in [4.69, 9.17) is 0 Å². The fourth-order valence-electron chi connectivity index (χ4n) is 3.88. The summed E-state index contributed by atoms with van der Waals surface area (Å²) in [4.78, 5) is 33.6. The zero-order valence-corrected chi connectivity index (χ0v) is 15.0. The molecule has 4 rings (SSSR count). The fourth-order valence-corrected chi connectivity index (χ4v) is 3.88. The van der Waals surface area contributed by atoms with Crippen LogP contribution in [0.1, 0.15) is 31.0 Å². The minimum absolute atomic E-state index is 0.0241. The zero-order chi connectivity index (χ0) is 18.1. The molecule has 134 valence electrons. The lowest BCUT2D eigenvalue weighted by Crippen LogP contribution is -2.40. The van der Waals surface area contributed by atoms with Crippen molar-refractivity contribution >= 4 is 23.2 Å². The van der Waals surface area contributed by atoms with Crippen molar-refractivity contribution in [2.45, 2.75) is 32.6 Å². The van der Waals surface area contributed by atoms with Crippen molar-refractivity contribution in [3.8, 4) is 0 Å². The fraction of sp³-hybridized carbons (Fsp3) is 0.381. The summed E-state index contributed by atoms with van der Waals surface area (Å²) in [6.07, 6.45) is 4.84. The molecular weight excluding hydrogens is 326 g/mol. The third-order valence-electron chi connectivity index (χ3n) is 5.35. The summed E-state index contributed by atoms with van der Waals surface area (Å²) < 4.78 is 0. The number of rotatable bonds is 3. The van der Waals surface area contributed by atoms with Crippen molar-refractivity contribution in [1.29, 1.82) is 0 Å². The normalized spacial score (nSPS) is 19.6. The van der Waals surface area contributed by atoms with E-state index in [1.165, 1.54) is 5.56 Å². The first-order valence-corrected chi connectivity index (χ1v) is 9.32. The summed E-state index contributed by atoms with van der Waals surface area (Å²) >= 11 is 0. The Balaban J connectivity index is 1.52. The maximum absolute atomic E-state index is 13.1. The highest BCUT2D eigenvalue weighted by molar-refractivity contribution is 6.04. The van der Waals surface area contributed by atoms with Gasteiger partial charge < -0.3 is 9.80 Å². The molecule has 2 aliphatic rings. The molecule has 2 aliphatic heterocycles. The second-order valence-electron chi connectivity index (χ2n) is 6.99. The molecule has 0 spiro atoms. The van der Waals surface area contributed by atoms with Crippen molar-refractivity contribution in [3.63, 3.8) is 0 Å². The van der Waals surface area contributed by atoms with Gasteiger partial charge in [-0.25, -0.2) is 0 Å². The molecule has 0 radical (unpaired) electrons. The molecule has 2 aromatic rings. The van der Waals surface area contributed by atoms with Crippen LogP contribution in [0.2, 0.25) is 0 Å². The highest BCUT2D eigenvalue weighted by Gasteiger charge is 2.38. The number of amides is 2. The van der Waals surface area contributed by atoms with Gasteiger partial charge in [0.15, 0.2) is 0 Å². The Morgan fingerprint density at radius 1 is 1.23 bits per heavy atom. The molecule has 5 heteroatoms. The lowest BCUT2D eigenvalue weighted by molar-refractivity contribution is -0.124. The standard InChI is InChI=1S/C21H23N3O2/c1-2-15-7-9-17(10-8-15)24-14-16(13-20(24)25)21(26)23-12-4-5-18-19(23)6-3-11-22-18/h3,6-11,16H,2,4-5,12-14H2,1H3/t16-/m0/s1. The van der Waals surface area contributed by atoms with E-state index in [1.807, 2.05) is 41.3 Å². The van der Waals surface area contributed by atoms with Crippen LogP contribution < -0.4 is 9.80 Å². The van der Waals surface area contributed by atoms with Crippen LogP contribution in [0.4, 0.5) is 11.4 Å². The molecule has 1 aromatic heterocycles. The van der Waals surface area contributed by atoms with E-state index in [9.17, 15) is 9.59 Å². The molecule has 0 unspecified atom stereocenters. The SMILES string of the molecule is CCc1ccc(N2C[C@@H](C(=O)N3CCCc4ncccc43)CC2=O)cc1. The lowest BCUT2D eigenvalue weighted by atomic mass is 10.0. The smallest absolute Gasteiger partial charge is 0.232 e. The molecule has 3 heterocycles. The molecule has 1 fully saturated rings. The number of hydrogen-bond acceptors (Lipinski definition) is 3. The number of pyridine rings is 1. The van der Waals surface area contributed by atoms with E-state index in [-0.39, 0.29) is 24.2 Å². The summed E-state index contributed by atoms with van der Waals surface area (Å²) in [5.41, 5.74) is 4.00. The van der Waals surface area contributed by atoms with Gasteiger partial charge in [0.2, 0.25) is 11.8 Å². The molecule has 0 bridgehead atoms. The van der Waals surface area contributed by atoms with Gasteiger partial charge in [-0.1, -0.05) is 19.1 Å². The van der Waals surface area contributed by atoms with Crippen LogP contribution in [0.5, 0.6) is 0 Å². The number of aryl methyl sites for hydroxylation is 2. The Morgan fingerprint density at radius 3 is 2.81 bits per heavy atom. The molecule has 1 aromatic carbocycles. The van der Waals surface area contributed by atoms with Gasteiger partial charge in [-0.15, -0.1) is 0 Å². The maximum Gasteiger partial charge on any atom is 0.232 e. The quantitative estimate of drug-likeness (QED) is 0.856. The third-order valence-corrected chi connectivity index (χ3v) is 5.35. The van der Waals surface area contributed by atoms with Crippen molar-refractivity contribution in [2.75, 3.05) is 22.9 Å². The van der Waals surface area contributed by atoms with Gasteiger partial charge in [-0.2, -0.15) is 0 Å². The predicted molar refractivity (Wildman–Crippen MR) is 101 cm³/mol. The molecule has 0 N–H and O–H groups in total. The van der Waals surface area contributed by atoms with Gasteiger partial charge in [-0.05, 0) is 49.1 Å². The first-order valence-electron chi connectivity index (χ1n) is 9.32. The van der Waals surface area contributed by atoms with Crippen molar-refractivity contribution in [1.82, 2.24) is 4.98 Å². The Morgan fingerprint density at radius 2 is 2.04 bits per heavy atom. The van der Waals surface area contributed by atoms with Crippen molar-refractivity contribution in [2.24, 2.45) is 5.92 Å². The van der Waals surface area contributed by atoms with Gasteiger partial charge in [-0.3, -0.25) is 14.6 Å². The lowest BCUT2D eigenvalue weighted by Gasteiger charge is -2.30. The number of carbonyl (C=O) groups is 2. The second-order valence-corrected chi connectivity index (χ2v) is 6.99.